The molecule has 0 saturated carbocycles. The van der Waals surface area contributed by atoms with Crippen molar-refractivity contribution in [2.24, 2.45) is 0 Å². The zero-order chi connectivity index (χ0) is 14.5. The summed E-state index contributed by atoms with van der Waals surface area (Å²) in [5.41, 5.74) is 0. The number of ether oxygens (including phenoxy) is 2. The van der Waals surface area contributed by atoms with E-state index in [-0.39, 0.29) is 11.4 Å². The first-order chi connectivity index (χ1) is 8.90. The first-order valence-corrected chi connectivity index (χ1v) is 7.28. The van der Waals surface area contributed by atoms with Crippen LogP contribution in [0.15, 0.2) is 23.1 Å². The van der Waals surface area contributed by atoms with Crippen LogP contribution in [0, 0.1) is 0 Å². The van der Waals surface area contributed by atoms with Gasteiger partial charge in [-0.15, -0.1) is 0 Å². The Morgan fingerprint density at radius 3 is 2.42 bits per heavy atom. The molecule has 0 aliphatic heterocycles. The smallest absolute Gasteiger partial charge is 0.240 e. The van der Waals surface area contributed by atoms with Crippen LogP contribution in [-0.2, 0) is 10.0 Å². The zero-order valence-corrected chi connectivity index (χ0v) is 12.0. The molecule has 0 aliphatic carbocycles. The molecule has 1 rings (SSSR count). The van der Waals surface area contributed by atoms with Crippen LogP contribution in [0.3, 0.4) is 0 Å². The monoisotopic (exact) mass is 289 g/mol. The van der Waals surface area contributed by atoms with Gasteiger partial charge in [0.05, 0.1) is 25.2 Å². The van der Waals surface area contributed by atoms with Gasteiger partial charge >= 0.3 is 0 Å². The fraction of sp³-hybridized carbons (Fsp3) is 0.500. The van der Waals surface area contributed by atoms with Crippen LogP contribution in [0.4, 0.5) is 0 Å². The van der Waals surface area contributed by atoms with Crippen molar-refractivity contribution in [3.8, 4) is 11.5 Å². The lowest BCUT2D eigenvalue weighted by Gasteiger charge is -2.11. The molecule has 1 aromatic carbocycles. The maximum Gasteiger partial charge on any atom is 0.240 e. The van der Waals surface area contributed by atoms with E-state index in [0.717, 1.165) is 0 Å². The first-order valence-electron chi connectivity index (χ1n) is 5.80. The molecule has 19 heavy (non-hydrogen) atoms. The van der Waals surface area contributed by atoms with Gasteiger partial charge in [-0.25, -0.2) is 13.1 Å². The van der Waals surface area contributed by atoms with Crippen LogP contribution in [0.5, 0.6) is 11.5 Å². The van der Waals surface area contributed by atoms with Crippen LogP contribution >= 0.6 is 0 Å². The third-order valence-corrected chi connectivity index (χ3v) is 3.98. The highest BCUT2D eigenvalue weighted by molar-refractivity contribution is 7.89. The molecule has 7 heteroatoms. The van der Waals surface area contributed by atoms with Crippen LogP contribution in [0.2, 0.25) is 0 Å². The van der Waals surface area contributed by atoms with E-state index in [9.17, 15) is 8.42 Å². The largest absolute Gasteiger partial charge is 0.493 e. The predicted molar refractivity (Wildman–Crippen MR) is 71.0 cm³/mol. The summed E-state index contributed by atoms with van der Waals surface area (Å²) in [5.74, 6) is 0.811. The second-order valence-corrected chi connectivity index (χ2v) is 5.82. The number of hydrogen-bond acceptors (Lipinski definition) is 5. The topological polar surface area (TPSA) is 84.9 Å². The summed E-state index contributed by atoms with van der Waals surface area (Å²) in [5, 5.41) is 9.10. The Hall–Kier alpha value is -1.31. The average Bonchev–Trinajstić information content (AvgIpc) is 2.37. The van der Waals surface area contributed by atoms with Crippen molar-refractivity contribution in [3.05, 3.63) is 18.2 Å². The highest BCUT2D eigenvalue weighted by Gasteiger charge is 2.16. The minimum Gasteiger partial charge on any atom is -0.493 e. The lowest BCUT2D eigenvalue weighted by molar-refractivity contribution is 0.186. The van der Waals surface area contributed by atoms with E-state index in [4.69, 9.17) is 14.6 Å². The maximum absolute atomic E-state index is 12.0. The van der Waals surface area contributed by atoms with Gasteiger partial charge in [-0.1, -0.05) is 0 Å². The number of benzene rings is 1. The molecule has 2 N–H and O–H groups in total. The SMILES string of the molecule is COc1ccc(S(=O)(=O)NCCC(C)O)cc1OC. The van der Waals surface area contributed by atoms with Gasteiger partial charge in [0.1, 0.15) is 0 Å². The molecular weight excluding hydrogens is 270 g/mol. The fourth-order valence-electron chi connectivity index (χ4n) is 1.47. The van der Waals surface area contributed by atoms with E-state index in [1.807, 2.05) is 0 Å². The molecule has 108 valence electrons. The van der Waals surface area contributed by atoms with Gasteiger partial charge in [0, 0.05) is 12.6 Å². The third-order valence-electron chi connectivity index (χ3n) is 2.52. The molecule has 0 spiro atoms. The van der Waals surface area contributed by atoms with E-state index >= 15 is 0 Å². The molecular formula is C12H19NO5S. The van der Waals surface area contributed by atoms with Gasteiger partial charge in [0.25, 0.3) is 0 Å². The van der Waals surface area contributed by atoms with E-state index in [0.29, 0.717) is 17.9 Å². The van der Waals surface area contributed by atoms with Crippen molar-refractivity contribution < 1.29 is 23.0 Å². The second-order valence-electron chi connectivity index (χ2n) is 4.05. The molecule has 0 amide bonds. The van der Waals surface area contributed by atoms with Crippen LogP contribution in [0.1, 0.15) is 13.3 Å². The molecule has 1 atom stereocenters. The van der Waals surface area contributed by atoms with E-state index in [1.165, 1.54) is 32.4 Å². The molecule has 0 saturated heterocycles. The van der Waals surface area contributed by atoms with Gasteiger partial charge < -0.3 is 14.6 Å². The molecule has 1 unspecified atom stereocenters. The van der Waals surface area contributed by atoms with Gasteiger partial charge in [0.2, 0.25) is 10.0 Å². The van der Waals surface area contributed by atoms with Gasteiger partial charge in [-0.05, 0) is 25.5 Å². The summed E-state index contributed by atoms with van der Waals surface area (Å²) in [6.07, 6.45) is -0.194. The van der Waals surface area contributed by atoms with Gasteiger partial charge in [0.15, 0.2) is 11.5 Å². The number of nitrogens with one attached hydrogen (secondary N) is 1. The summed E-state index contributed by atoms with van der Waals surface area (Å²) >= 11 is 0. The number of sulfonamides is 1. The number of methoxy groups -OCH3 is 2. The number of aliphatic hydroxyl groups excluding tert-OH is 1. The zero-order valence-electron chi connectivity index (χ0n) is 11.2. The molecule has 0 fully saturated rings. The van der Waals surface area contributed by atoms with Crippen molar-refractivity contribution in [3.63, 3.8) is 0 Å². The molecule has 0 aliphatic rings. The summed E-state index contributed by atoms with van der Waals surface area (Å²) in [6, 6.07) is 4.36. The Bertz CT molecular complexity index is 513. The van der Waals surface area contributed by atoms with Crippen molar-refractivity contribution in [2.45, 2.75) is 24.3 Å². The van der Waals surface area contributed by atoms with Crippen LogP contribution < -0.4 is 14.2 Å². The van der Waals surface area contributed by atoms with Gasteiger partial charge in [-0.2, -0.15) is 0 Å². The van der Waals surface area contributed by atoms with E-state index in [1.54, 1.807) is 6.92 Å². The van der Waals surface area contributed by atoms with E-state index in [2.05, 4.69) is 4.72 Å². The highest BCUT2D eigenvalue weighted by Crippen LogP contribution is 2.29. The Kier molecular flexibility index (Phi) is 5.59. The Balaban J connectivity index is 2.89. The van der Waals surface area contributed by atoms with Crippen LogP contribution in [0.25, 0.3) is 0 Å². The molecule has 0 bridgehead atoms. The highest BCUT2D eigenvalue weighted by atomic mass is 32.2. The quantitative estimate of drug-likeness (QED) is 0.774. The lowest BCUT2D eigenvalue weighted by atomic mass is 10.3. The van der Waals surface area contributed by atoms with Crippen molar-refractivity contribution in [1.82, 2.24) is 4.72 Å². The number of hydrogen-bond donors (Lipinski definition) is 2. The number of aliphatic hydroxyl groups is 1. The van der Waals surface area contributed by atoms with Crippen LogP contribution in [-0.4, -0.2) is 40.4 Å². The molecule has 0 heterocycles. The molecule has 6 nitrogen and oxygen atoms in total. The summed E-state index contributed by atoms with van der Waals surface area (Å²) < 4.78 is 36.5. The first kappa shape index (κ1) is 15.7. The predicted octanol–water partition coefficient (Wildman–Crippen LogP) is 0.753. The summed E-state index contributed by atoms with van der Waals surface area (Å²) in [6.45, 7) is 1.78. The molecule has 0 radical (unpaired) electrons. The average molecular weight is 289 g/mol. The summed E-state index contributed by atoms with van der Waals surface area (Å²) in [7, 11) is -0.692. The Morgan fingerprint density at radius 1 is 1.26 bits per heavy atom. The van der Waals surface area contributed by atoms with Crippen molar-refractivity contribution >= 4 is 10.0 Å². The third kappa shape index (κ3) is 4.38. The minimum absolute atomic E-state index is 0.0933. The van der Waals surface area contributed by atoms with Crippen molar-refractivity contribution in [2.75, 3.05) is 20.8 Å². The molecule has 0 aromatic heterocycles. The second kappa shape index (κ2) is 6.74. The standard InChI is InChI=1S/C12H19NO5S/c1-9(14)6-7-13-19(15,16)10-4-5-11(17-2)12(8-10)18-3/h4-5,8-9,13-14H,6-7H2,1-3H3. The molecule has 1 aromatic rings. The Morgan fingerprint density at radius 2 is 1.89 bits per heavy atom. The fourth-order valence-corrected chi connectivity index (χ4v) is 2.53. The Labute approximate surface area is 113 Å². The minimum atomic E-state index is -3.61. The maximum atomic E-state index is 12.0. The summed E-state index contributed by atoms with van der Waals surface area (Å²) in [4.78, 5) is 0.0933. The number of rotatable bonds is 7. The normalized spacial score (nSPS) is 13.1. The lowest BCUT2D eigenvalue weighted by Crippen LogP contribution is -2.26. The van der Waals surface area contributed by atoms with Gasteiger partial charge in [-0.3, -0.25) is 0 Å². The van der Waals surface area contributed by atoms with Crippen molar-refractivity contribution in [1.29, 1.82) is 0 Å². The van der Waals surface area contributed by atoms with E-state index < -0.39 is 16.1 Å².